The zero-order valence-electron chi connectivity index (χ0n) is 10.9. The van der Waals surface area contributed by atoms with Gasteiger partial charge in [-0.25, -0.2) is 4.39 Å². The quantitative estimate of drug-likeness (QED) is 0.882. The molecule has 1 fully saturated rings. The van der Waals surface area contributed by atoms with E-state index in [0.717, 1.165) is 37.8 Å². The number of methoxy groups -OCH3 is 1. The molecule has 0 aliphatic heterocycles. The van der Waals surface area contributed by atoms with Gasteiger partial charge in [0.1, 0.15) is 11.6 Å². The highest BCUT2D eigenvalue weighted by molar-refractivity contribution is 5.96. The molecule has 2 N–H and O–H groups in total. The largest absolute Gasteiger partial charge is 0.507 e. The molecule has 4 nitrogen and oxygen atoms in total. The molecule has 104 valence electrons. The number of carbonyl (C=O) groups is 1. The summed E-state index contributed by atoms with van der Waals surface area (Å²) in [5.74, 6) is -1.25. The van der Waals surface area contributed by atoms with Crippen molar-refractivity contribution in [2.45, 2.75) is 37.8 Å². The Bertz CT molecular complexity index is 456. The van der Waals surface area contributed by atoms with E-state index >= 15 is 0 Å². The SMILES string of the molecule is COC1CCC(NC(=O)c2ccc(F)cc2O)CC1. The van der Waals surface area contributed by atoms with Crippen LogP contribution in [0.5, 0.6) is 5.75 Å². The molecular weight excluding hydrogens is 249 g/mol. The van der Waals surface area contributed by atoms with E-state index in [1.165, 1.54) is 6.07 Å². The Morgan fingerprint density at radius 2 is 2.05 bits per heavy atom. The van der Waals surface area contributed by atoms with Crippen LogP contribution >= 0.6 is 0 Å². The van der Waals surface area contributed by atoms with Crippen LogP contribution in [-0.4, -0.2) is 30.3 Å². The van der Waals surface area contributed by atoms with Crippen molar-refractivity contribution in [2.75, 3.05) is 7.11 Å². The number of halogens is 1. The van der Waals surface area contributed by atoms with Crippen molar-refractivity contribution < 1.29 is 19.0 Å². The van der Waals surface area contributed by atoms with Gasteiger partial charge in [0, 0.05) is 19.2 Å². The van der Waals surface area contributed by atoms with Crippen LogP contribution < -0.4 is 5.32 Å². The molecule has 19 heavy (non-hydrogen) atoms. The summed E-state index contributed by atoms with van der Waals surface area (Å²) in [6.07, 6.45) is 3.80. The van der Waals surface area contributed by atoms with Crippen LogP contribution in [0.1, 0.15) is 36.0 Å². The molecule has 0 atom stereocenters. The van der Waals surface area contributed by atoms with E-state index < -0.39 is 5.82 Å². The number of phenolic OH excluding ortho intramolecular Hbond substituents is 1. The summed E-state index contributed by atoms with van der Waals surface area (Å²) in [6.45, 7) is 0. The number of ether oxygens (including phenoxy) is 1. The number of hydrogen-bond donors (Lipinski definition) is 2. The number of nitrogens with one attached hydrogen (secondary N) is 1. The summed E-state index contributed by atoms with van der Waals surface area (Å²) in [6, 6.07) is 3.48. The van der Waals surface area contributed by atoms with Gasteiger partial charge in [-0.2, -0.15) is 0 Å². The van der Waals surface area contributed by atoms with Crippen LogP contribution in [0.4, 0.5) is 4.39 Å². The molecule has 0 aromatic heterocycles. The van der Waals surface area contributed by atoms with E-state index in [2.05, 4.69) is 5.32 Å². The van der Waals surface area contributed by atoms with Gasteiger partial charge in [0.15, 0.2) is 0 Å². The molecule has 0 bridgehead atoms. The van der Waals surface area contributed by atoms with Gasteiger partial charge >= 0.3 is 0 Å². The fourth-order valence-corrected chi connectivity index (χ4v) is 2.40. The number of aromatic hydroxyl groups is 1. The predicted molar refractivity (Wildman–Crippen MR) is 68.6 cm³/mol. The van der Waals surface area contributed by atoms with Gasteiger partial charge < -0.3 is 15.2 Å². The predicted octanol–water partition coefficient (Wildman–Crippen LogP) is 2.22. The average Bonchev–Trinajstić information content (AvgIpc) is 2.39. The van der Waals surface area contributed by atoms with Crippen molar-refractivity contribution >= 4 is 5.91 Å². The van der Waals surface area contributed by atoms with E-state index in [0.29, 0.717) is 0 Å². The van der Waals surface area contributed by atoms with Gasteiger partial charge in [0.25, 0.3) is 5.91 Å². The normalized spacial score (nSPS) is 23.1. The molecule has 0 spiro atoms. The first-order chi connectivity index (χ1) is 9.10. The number of carbonyl (C=O) groups excluding carboxylic acids is 1. The van der Waals surface area contributed by atoms with Gasteiger partial charge in [-0.3, -0.25) is 4.79 Å². The summed E-state index contributed by atoms with van der Waals surface area (Å²) < 4.78 is 18.1. The third kappa shape index (κ3) is 3.44. The van der Waals surface area contributed by atoms with Crippen molar-refractivity contribution in [3.63, 3.8) is 0 Å². The zero-order chi connectivity index (χ0) is 13.8. The Balaban J connectivity index is 1.94. The second kappa shape index (κ2) is 6.02. The van der Waals surface area contributed by atoms with Gasteiger partial charge in [-0.05, 0) is 37.8 Å². The van der Waals surface area contributed by atoms with Crippen molar-refractivity contribution in [1.82, 2.24) is 5.32 Å². The van der Waals surface area contributed by atoms with Crippen LogP contribution in [0.25, 0.3) is 0 Å². The molecule has 0 heterocycles. The van der Waals surface area contributed by atoms with Crippen LogP contribution in [0.3, 0.4) is 0 Å². The molecular formula is C14H18FNO3. The van der Waals surface area contributed by atoms with Gasteiger partial charge in [-0.1, -0.05) is 0 Å². The average molecular weight is 267 g/mol. The first-order valence-corrected chi connectivity index (χ1v) is 6.42. The van der Waals surface area contributed by atoms with Crippen LogP contribution in [-0.2, 0) is 4.74 Å². The lowest BCUT2D eigenvalue weighted by Gasteiger charge is -2.28. The molecule has 2 rings (SSSR count). The zero-order valence-corrected chi connectivity index (χ0v) is 10.9. The minimum atomic E-state index is -0.561. The van der Waals surface area contributed by atoms with Gasteiger partial charge in [-0.15, -0.1) is 0 Å². The summed E-state index contributed by atoms with van der Waals surface area (Å²) >= 11 is 0. The van der Waals surface area contributed by atoms with Crippen LogP contribution in [0, 0.1) is 5.82 Å². The smallest absolute Gasteiger partial charge is 0.255 e. The minimum absolute atomic E-state index is 0.0864. The lowest BCUT2D eigenvalue weighted by atomic mass is 9.93. The van der Waals surface area contributed by atoms with Crippen molar-refractivity contribution in [1.29, 1.82) is 0 Å². The van der Waals surface area contributed by atoms with E-state index in [1.807, 2.05) is 0 Å². The first kappa shape index (κ1) is 13.8. The number of amides is 1. The Morgan fingerprint density at radius 3 is 2.63 bits per heavy atom. The van der Waals surface area contributed by atoms with E-state index in [-0.39, 0.29) is 29.4 Å². The fourth-order valence-electron chi connectivity index (χ4n) is 2.40. The molecule has 1 aliphatic rings. The van der Waals surface area contributed by atoms with Crippen LogP contribution in [0.2, 0.25) is 0 Å². The lowest BCUT2D eigenvalue weighted by Crippen LogP contribution is -2.38. The Kier molecular flexibility index (Phi) is 4.37. The number of rotatable bonds is 3. The van der Waals surface area contributed by atoms with E-state index in [9.17, 15) is 14.3 Å². The highest BCUT2D eigenvalue weighted by Gasteiger charge is 2.23. The standard InChI is InChI=1S/C14H18FNO3/c1-19-11-5-3-10(4-6-11)16-14(18)12-7-2-9(15)8-13(12)17/h2,7-8,10-11,17H,3-6H2,1H3,(H,16,18). The maximum atomic E-state index is 12.8. The molecule has 1 saturated carbocycles. The molecule has 0 saturated heterocycles. The molecule has 0 unspecified atom stereocenters. The van der Waals surface area contributed by atoms with Crippen molar-refractivity contribution in [3.05, 3.63) is 29.6 Å². The summed E-state index contributed by atoms with van der Waals surface area (Å²) in [5.41, 5.74) is 0.107. The highest BCUT2D eigenvalue weighted by Crippen LogP contribution is 2.22. The Hall–Kier alpha value is -1.62. The first-order valence-electron chi connectivity index (χ1n) is 6.42. The van der Waals surface area contributed by atoms with Gasteiger partial charge in [0.2, 0.25) is 0 Å². The van der Waals surface area contributed by atoms with E-state index in [4.69, 9.17) is 4.74 Å². The van der Waals surface area contributed by atoms with Gasteiger partial charge in [0.05, 0.1) is 11.7 Å². The maximum Gasteiger partial charge on any atom is 0.255 e. The Morgan fingerprint density at radius 1 is 1.37 bits per heavy atom. The summed E-state index contributed by atoms with van der Waals surface area (Å²) in [4.78, 5) is 12.0. The summed E-state index contributed by atoms with van der Waals surface area (Å²) in [5, 5.41) is 12.4. The molecule has 0 radical (unpaired) electrons. The second-order valence-electron chi connectivity index (χ2n) is 4.84. The second-order valence-corrected chi connectivity index (χ2v) is 4.84. The molecule has 1 aromatic carbocycles. The Labute approximate surface area is 111 Å². The number of hydrogen-bond acceptors (Lipinski definition) is 3. The molecule has 1 aliphatic carbocycles. The van der Waals surface area contributed by atoms with Crippen molar-refractivity contribution in [3.8, 4) is 5.75 Å². The maximum absolute atomic E-state index is 12.8. The third-order valence-corrected chi connectivity index (χ3v) is 3.55. The van der Waals surface area contributed by atoms with Crippen molar-refractivity contribution in [2.24, 2.45) is 0 Å². The molecule has 1 aromatic rings. The number of benzene rings is 1. The molecule has 5 heteroatoms. The topological polar surface area (TPSA) is 58.6 Å². The van der Waals surface area contributed by atoms with E-state index in [1.54, 1.807) is 7.11 Å². The highest BCUT2D eigenvalue weighted by atomic mass is 19.1. The monoisotopic (exact) mass is 267 g/mol. The molecule has 1 amide bonds. The summed E-state index contributed by atoms with van der Waals surface area (Å²) in [7, 11) is 1.69. The fraction of sp³-hybridized carbons (Fsp3) is 0.500. The number of phenols is 1. The minimum Gasteiger partial charge on any atom is -0.507 e. The van der Waals surface area contributed by atoms with Crippen LogP contribution in [0.15, 0.2) is 18.2 Å². The lowest BCUT2D eigenvalue weighted by molar-refractivity contribution is 0.0599. The third-order valence-electron chi connectivity index (χ3n) is 3.55.